The molecule has 0 heterocycles. The number of anilines is 1. The SMILES string of the molecule is CC(C)=COS(=O)(=O)c1ccc(N)cc1. The van der Waals surface area contributed by atoms with Crippen molar-refractivity contribution in [2.75, 3.05) is 5.73 Å². The number of hydrogen-bond acceptors (Lipinski definition) is 4. The largest absolute Gasteiger partial charge is 0.399 e. The average Bonchev–Trinajstić information content (AvgIpc) is 2.16. The molecular formula is C10H13NO3S. The van der Waals surface area contributed by atoms with Gasteiger partial charge in [0.1, 0.15) is 11.2 Å². The first kappa shape index (κ1) is 11.6. The molecule has 2 N–H and O–H groups in total. The molecule has 0 atom stereocenters. The van der Waals surface area contributed by atoms with E-state index < -0.39 is 10.1 Å². The summed E-state index contributed by atoms with van der Waals surface area (Å²) in [6, 6.07) is 5.84. The summed E-state index contributed by atoms with van der Waals surface area (Å²) in [5.41, 5.74) is 6.73. The minimum Gasteiger partial charge on any atom is -0.399 e. The van der Waals surface area contributed by atoms with E-state index in [1.807, 2.05) is 0 Å². The summed E-state index contributed by atoms with van der Waals surface area (Å²) in [5, 5.41) is 0. The van der Waals surface area contributed by atoms with Gasteiger partial charge in [0.2, 0.25) is 0 Å². The molecule has 0 saturated carbocycles. The second-order valence-corrected chi connectivity index (χ2v) is 4.89. The van der Waals surface area contributed by atoms with Crippen molar-refractivity contribution < 1.29 is 12.6 Å². The van der Waals surface area contributed by atoms with Crippen LogP contribution < -0.4 is 5.73 Å². The van der Waals surface area contributed by atoms with Crippen molar-refractivity contribution in [3.05, 3.63) is 36.1 Å². The van der Waals surface area contributed by atoms with E-state index in [9.17, 15) is 8.42 Å². The Hall–Kier alpha value is -1.49. The highest BCUT2D eigenvalue weighted by molar-refractivity contribution is 7.86. The lowest BCUT2D eigenvalue weighted by molar-refractivity contribution is 0.440. The Morgan fingerprint density at radius 2 is 1.80 bits per heavy atom. The van der Waals surface area contributed by atoms with Gasteiger partial charge in [-0.05, 0) is 43.7 Å². The smallest absolute Gasteiger partial charge is 0.338 e. The van der Waals surface area contributed by atoms with Crippen LogP contribution in [-0.4, -0.2) is 8.42 Å². The summed E-state index contributed by atoms with van der Waals surface area (Å²) in [6.45, 7) is 3.50. The number of nitrogen functional groups attached to an aromatic ring is 1. The van der Waals surface area contributed by atoms with Gasteiger partial charge in [0.15, 0.2) is 0 Å². The summed E-state index contributed by atoms with van der Waals surface area (Å²) in [5.74, 6) is 0. The summed E-state index contributed by atoms with van der Waals surface area (Å²) in [7, 11) is -3.70. The van der Waals surface area contributed by atoms with E-state index in [2.05, 4.69) is 4.18 Å². The zero-order chi connectivity index (χ0) is 11.5. The Morgan fingerprint density at radius 3 is 2.27 bits per heavy atom. The normalized spacial score (nSPS) is 10.8. The van der Waals surface area contributed by atoms with Crippen LogP contribution in [0.15, 0.2) is 41.0 Å². The third-order valence-corrected chi connectivity index (χ3v) is 2.78. The van der Waals surface area contributed by atoms with Crippen molar-refractivity contribution in [1.29, 1.82) is 0 Å². The number of allylic oxidation sites excluding steroid dienone is 1. The van der Waals surface area contributed by atoms with Crippen LogP contribution in [0.2, 0.25) is 0 Å². The molecule has 1 aromatic carbocycles. The zero-order valence-corrected chi connectivity index (χ0v) is 9.41. The summed E-state index contributed by atoms with van der Waals surface area (Å²) >= 11 is 0. The standard InChI is InChI=1S/C10H13NO3S/c1-8(2)7-14-15(12,13)10-5-3-9(11)4-6-10/h3-7H,11H2,1-2H3. The third-order valence-electron chi connectivity index (χ3n) is 1.58. The van der Waals surface area contributed by atoms with Gasteiger partial charge in [-0.25, -0.2) is 0 Å². The molecule has 82 valence electrons. The third kappa shape index (κ3) is 3.28. The molecule has 0 aliphatic heterocycles. The fourth-order valence-corrected chi connectivity index (χ4v) is 1.75. The van der Waals surface area contributed by atoms with Crippen LogP contribution in [0, 0.1) is 0 Å². The second-order valence-electron chi connectivity index (χ2n) is 3.31. The number of rotatable bonds is 3. The van der Waals surface area contributed by atoms with Crippen molar-refractivity contribution in [2.24, 2.45) is 0 Å². The monoisotopic (exact) mass is 227 g/mol. The van der Waals surface area contributed by atoms with Crippen LogP contribution in [0.1, 0.15) is 13.8 Å². The minimum absolute atomic E-state index is 0.0919. The van der Waals surface area contributed by atoms with Crippen LogP contribution in [0.5, 0.6) is 0 Å². The quantitative estimate of drug-likeness (QED) is 0.486. The van der Waals surface area contributed by atoms with Gasteiger partial charge in [-0.2, -0.15) is 8.42 Å². The average molecular weight is 227 g/mol. The van der Waals surface area contributed by atoms with E-state index in [4.69, 9.17) is 5.73 Å². The Morgan fingerprint density at radius 1 is 1.27 bits per heavy atom. The van der Waals surface area contributed by atoms with Gasteiger partial charge in [-0.1, -0.05) is 0 Å². The van der Waals surface area contributed by atoms with Gasteiger partial charge in [0.05, 0.1) is 0 Å². The molecule has 0 radical (unpaired) electrons. The fourth-order valence-electron chi connectivity index (χ4n) is 0.850. The lowest BCUT2D eigenvalue weighted by atomic mass is 10.3. The minimum atomic E-state index is -3.70. The molecule has 5 heteroatoms. The predicted octanol–water partition coefficient (Wildman–Crippen LogP) is 1.90. The molecule has 0 saturated heterocycles. The maximum absolute atomic E-state index is 11.5. The lowest BCUT2D eigenvalue weighted by Gasteiger charge is -2.03. The maximum Gasteiger partial charge on any atom is 0.338 e. The molecule has 1 rings (SSSR count). The van der Waals surface area contributed by atoms with E-state index >= 15 is 0 Å². The van der Waals surface area contributed by atoms with Crippen molar-refractivity contribution in [2.45, 2.75) is 18.7 Å². The molecule has 4 nitrogen and oxygen atoms in total. The number of hydrogen-bond donors (Lipinski definition) is 1. The number of benzene rings is 1. The van der Waals surface area contributed by atoms with Crippen LogP contribution in [0.4, 0.5) is 5.69 Å². The zero-order valence-electron chi connectivity index (χ0n) is 8.60. The maximum atomic E-state index is 11.5. The highest BCUT2D eigenvalue weighted by atomic mass is 32.2. The van der Waals surface area contributed by atoms with Crippen LogP contribution in [-0.2, 0) is 14.3 Å². The molecule has 1 aromatic rings. The molecule has 0 aliphatic rings. The Balaban J connectivity index is 2.97. The van der Waals surface area contributed by atoms with Gasteiger partial charge in [0, 0.05) is 5.69 Å². The first-order chi connectivity index (χ1) is 6.92. The van der Waals surface area contributed by atoms with Gasteiger partial charge in [0.25, 0.3) is 0 Å². The van der Waals surface area contributed by atoms with Crippen LogP contribution >= 0.6 is 0 Å². The number of nitrogens with two attached hydrogens (primary N) is 1. The molecule has 0 unspecified atom stereocenters. The molecule has 0 bridgehead atoms. The summed E-state index contributed by atoms with van der Waals surface area (Å²) in [4.78, 5) is 0.0919. The fraction of sp³-hybridized carbons (Fsp3) is 0.200. The lowest BCUT2D eigenvalue weighted by Crippen LogP contribution is -2.02. The van der Waals surface area contributed by atoms with Crippen LogP contribution in [0.3, 0.4) is 0 Å². The van der Waals surface area contributed by atoms with Gasteiger partial charge < -0.3 is 9.92 Å². The van der Waals surface area contributed by atoms with Crippen molar-refractivity contribution in [3.63, 3.8) is 0 Å². The van der Waals surface area contributed by atoms with E-state index in [-0.39, 0.29) is 4.90 Å². The van der Waals surface area contributed by atoms with E-state index in [0.29, 0.717) is 5.69 Å². The first-order valence-electron chi connectivity index (χ1n) is 4.34. The van der Waals surface area contributed by atoms with E-state index in [0.717, 1.165) is 5.57 Å². The van der Waals surface area contributed by atoms with Crippen molar-refractivity contribution >= 4 is 15.8 Å². The Labute approximate surface area is 89.5 Å². The van der Waals surface area contributed by atoms with Gasteiger partial charge in [-0.3, -0.25) is 0 Å². The van der Waals surface area contributed by atoms with E-state index in [1.54, 1.807) is 13.8 Å². The summed E-state index contributed by atoms with van der Waals surface area (Å²) < 4.78 is 27.8. The highest BCUT2D eigenvalue weighted by Gasteiger charge is 2.13. The second kappa shape index (κ2) is 4.35. The van der Waals surface area contributed by atoms with Crippen LogP contribution in [0.25, 0.3) is 0 Å². The highest BCUT2D eigenvalue weighted by Crippen LogP contribution is 2.14. The Kier molecular flexibility index (Phi) is 3.36. The first-order valence-corrected chi connectivity index (χ1v) is 5.75. The molecule has 0 aromatic heterocycles. The Bertz CT molecular complexity index is 456. The van der Waals surface area contributed by atoms with Gasteiger partial charge >= 0.3 is 10.1 Å². The van der Waals surface area contributed by atoms with Crippen molar-refractivity contribution in [1.82, 2.24) is 0 Å². The van der Waals surface area contributed by atoms with Crippen molar-refractivity contribution in [3.8, 4) is 0 Å². The predicted molar refractivity (Wildman–Crippen MR) is 58.6 cm³/mol. The van der Waals surface area contributed by atoms with Gasteiger partial charge in [-0.15, -0.1) is 0 Å². The molecule has 15 heavy (non-hydrogen) atoms. The van der Waals surface area contributed by atoms with E-state index in [1.165, 1.54) is 30.5 Å². The molecule has 0 fully saturated rings. The molecule has 0 amide bonds. The molecular weight excluding hydrogens is 214 g/mol. The molecule has 0 aliphatic carbocycles. The molecule has 0 spiro atoms. The summed E-state index contributed by atoms with van der Waals surface area (Å²) in [6.07, 6.45) is 1.20. The topological polar surface area (TPSA) is 69.4 Å².